The maximum Gasteiger partial charge on any atom is 0.145 e. The Morgan fingerprint density at radius 2 is 1.38 bits per heavy atom. The highest BCUT2D eigenvalue weighted by Gasteiger charge is 2.21. The van der Waals surface area contributed by atoms with E-state index in [2.05, 4.69) is 139 Å². The molecular weight excluding hydrogens is 609 g/mol. The van der Waals surface area contributed by atoms with E-state index in [4.69, 9.17) is 9.40 Å². The molecule has 0 saturated carbocycles. The second-order valence-electron chi connectivity index (χ2n) is 13.1. The van der Waals surface area contributed by atoms with Gasteiger partial charge in [-0.15, -0.1) is 0 Å². The molecule has 50 heavy (non-hydrogen) atoms. The van der Waals surface area contributed by atoms with Crippen molar-refractivity contribution in [2.24, 2.45) is 0 Å². The first-order chi connectivity index (χ1) is 24.7. The molecule has 0 unspecified atom stereocenters. The summed E-state index contributed by atoms with van der Waals surface area (Å²) in [6.45, 7) is 8.49. The number of nitrogens with zero attached hydrogens (tertiary/aromatic N) is 2. The Balaban J connectivity index is 1.22. The Morgan fingerprint density at radius 1 is 0.640 bits per heavy atom. The molecule has 0 radical (unpaired) electrons. The first-order valence-corrected chi connectivity index (χ1v) is 17.2. The van der Waals surface area contributed by atoms with Gasteiger partial charge in [-0.25, -0.2) is 4.98 Å². The first kappa shape index (κ1) is 28.6. The zero-order valence-electron chi connectivity index (χ0n) is 27.5. The van der Waals surface area contributed by atoms with Crippen LogP contribution in [0.1, 0.15) is 28.7 Å². The maximum atomic E-state index is 6.45. The van der Waals surface area contributed by atoms with Gasteiger partial charge in [0.05, 0.1) is 11.0 Å². The Labute approximate surface area is 289 Å². The van der Waals surface area contributed by atoms with Crippen LogP contribution in [0, 0.1) is 0 Å². The van der Waals surface area contributed by atoms with E-state index >= 15 is 0 Å². The summed E-state index contributed by atoms with van der Waals surface area (Å²) >= 11 is 0. The molecule has 3 nitrogen and oxygen atoms in total. The molecule has 2 aromatic heterocycles. The predicted octanol–water partition coefficient (Wildman–Crippen LogP) is 12.8. The second-order valence-corrected chi connectivity index (χ2v) is 13.1. The van der Waals surface area contributed by atoms with Gasteiger partial charge in [-0.2, -0.15) is 0 Å². The van der Waals surface area contributed by atoms with Crippen LogP contribution in [0.3, 0.4) is 0 Å². The highest BCUT2D eigenvalue weighted by atomic mass is 16.3. The average Bonchev–Trinajstić information content (AvgIpc) is 3.75. The average molecular weight is 641 g/mol. The number of aromatic nitrogens is 2. The second kappa shape index (κ2) is 11.0. The molecule has 0 amide bonds. The monoisotopic (exact) mass is 640 g/mol. The molecule has 0 aliphatic heterocycles. The third-order valence-corrected chi connectivity index (χ3v) is 10.4. The number of rotatable bonds is 5. The number of fused-ring (bicyclic) bond motifs is 9. The van der Waals surface area contributed by atoms with Crippen LogP contribution in [0.25, 0.3) is 101 Å². The first-order valence-electron chi connectivity index (χ1n) is 17.2. The van der Waals surface area contributed by atoms with E-state index < -0.39 is 0 Å². The van der Waals surface area contributed by atoms with Crippen LogP contribution in [0.5, 0.6) is 0 Å². The summed E-state index contributed by atoms with van der Waals surface area (Å²) in [5.74, 6) is 0.914. The molecule has 0 atom stereocenters. The van der Waals surface area contributed by atoms with Crippen molar-refractivity contribution in [3.8, 4) is 28.2 Å². The summed E-state index contributed by atoms with van der Waals surface area (Å²) < 4.78 is 8.71. The SMILES string of the molecule is C=Cc1c2c(c3c(cc(-c4ccc5oc6ccc(-n7c(-c8ccccc8)nc8ccccc87)cc6c5c4)c4ccccc43)c1C=C)CCC=C2. The summed E-state index contributed by atoms with van der Waals surface area (Å²) in [5.41, 5.74) is 13.2. The number of imidazole rings is 1. The Hall–Kier alpha value is -6.45. The molecule has 7 aromatic carbocycles. The minimum Gasteiger partial charge on any atom is -0.456 e. The van der Waals surface area contributed by atoms with Gasteiger partial charge in [0.25, 0.3) is 0 Å². The molecule has 0 spiro atoms. The van der Waals surface area contributed by atoms with Crippen LogP contribution in [-0.2, 0) is 6.42 Å². The maximum absolute atomic E-state index is 6.45. The van der Waals surface area contributed by atoms with Gasteiger partial charge in [-0.1, -0.05) is 110 Å². The van der Waals surface area contributed by atoms with Gasteiger partial charge in [0.15, 0.2) is 0 Å². The van der Waals surface area contributed by atoms with Gasteiger partial charge in [0.1, 0.15) is 17.0 Å². The van der Waals surface area contributed by atoms with Crippen molar-refractivity contribution < 1.29 is 4.42 Å². The van der Waals surface area contributed by atoms with Crippen LogP contribution < -0.4 is 0 Å². The van der Waals surface area contributed by atoms with E-state index in [9.17, 15) is 0 Å². The molecule has 236 valence electrons. The molecule has 0 bridgehead atoms. The molecule has 2 heterocycles. The number of para-hydroxylation sites is 2. The lowest BCUT2D eigenvalue weighted by atomic mass is 9.81. The van der Waals surface area contributed by atoms with E-state index in [1.54, 1.807) is 0 Å². The van der Waals surface area contributed by atoms with Crippen LogP contribution >= 0.6 is 0 Å². The number of benzene rings is 7. The van der Waals surface area contributed by atoms with Gasteiger partial charge in [0.2, 0.25) is 0 Å². The fraction of sp³-hybridized carbons (Fsp3) is 0.0426. The standard InChI is InChI=1S/C47H32N2O/c1-3-32-33(4-2)41-28-38(35-17-9-11-19-37(35)46(41)36-18-10-8-16-34(32)36)30-22-24-44-39(26-30)40-27-31(23-25-45(40)50-44)49-43-21-13-12-20-42(43)48-47(49)29-14-6-5-7-15-29/h3-9,11-17,19-28H,1-2,10,18H2. The van der Waals surface area contributed by atoms with Crippen molar-refractivity contribution in [2.75, 3.05) is 0 Å². The van der Waals surface area contributed by atoms with Crippen molar-refractivity contribution in [1.29, 1.82) is 0 Å². The molecule has 0 fully saturated rings. The number of hydrogen-bond acceptors (Lipinski definition) is 2. The highest BCUT2D eigenvalue weighted by molar-refractivity contribution is 6.19. The molecule has 3 heteroatoms. The van der Waals surface area contributed by atoms with Crippen LogP contribution in [0.4, 0.5) is 0 Å². The smallest absolute Gasteiger partial charge is 0.145 e. The number of allylic oxidation sites excluding steroid dienone is 1. The molecule has 9 aromatic rings. The van der Waals surface area contributed by atoms with E-state index in [1.165, 1.54) is 38.2 Å². The van der Waals surface area contributed by atoms with Gasteiger partial charge in [-0.05, 0) is 116 Å². The number of aryl methyl sites for hydroxylation is 1. The molecular formula is C47H32N2O. The number of furan rings is 1. The summed E-state index contributed by atoms with van der Waals surface area (Å²) in [6, 6.07) is 43.0. The van der Waals surface area contributed by atoms with E-state index in [0.29, 0.717) is 0 Å². The third kappa shape index (κ3) is 4.13. The molecule has 10 rings (SSSR count). The minimum absolute atomic E-state index is 0.860. The largest absolute Gasteiger partial charge is 0.456 e. The Morgan fingerprint density at radius 3 is 2.22 bits per heavy atom. The lowest BCUT2D eigenvalue weighted by Gasteiger charge is -2.22. The zero-order valence-corrected chi connectivity index (χ0v) is 27.5. The lowest BCUT2D eigenvalue weighted by molar-refractivity contribution is 0.669. The minimum atomic E-state index is 0.860. The number of hydrogen-bond donors (Lipinski definition) is 0. The van der Waals surface area contributed by atoms with E-state index in [-0.39, 0.29) is 0 Å². The lowest BCUT2D eigenvalue weighted by Crippen LogP contribution is -2.02. The van der Waals surface area contributed by atoms with Crippen molar-refractivity contribution >= 4 is 72.7 Å². The molecule has 1 aliphatic rings. The molecule has 1 aliphatic carbocycles. The quantitative estimate of drug-likeness (QED) is 0.175. The van der Waals surface area contributed by atoms with Crippen molar-refractivity contribution in [3.05, 3.63) is 163 Å². The van der Waals surface area contributed by atoms with E-state index in [0.717, 1.165) is 79.6 Å². The van der Waals surface area contributed by atoms with E-state index in [1.807, 2.05) is 24.3 Å². The fourth-order valence-electron chi connectivity index (χ4n) is 8.20. The highest BCUT2D eigenvalue weighted by Crippen LogP contribution is 2.44. The normalized spacial score (nSPS) is 12.7. The summed E-state index contributed by atoms with van der Waals surface area (Å²) in [4.78, 5) is 5.07. The van der Waals surface area contributed by atoms with Gasteiger partial charge < -0.3 is 4.42 Å². The van der Waals surface area contributed by atoms with Crippen LogP contribution in [0.2, 0.25) is 0 Å². The van der Waals surface area contributed by atoms with Gasteiger partial charge in [0, 0.05) is 22.0 Å². The summed E-state index contributed by atoms with van der Waals surface area (Å²) in [5, 5.41) is 7.21. The summed E-state index contributed by atoms with van der Waals surface area (Å²) in [7, 11) is 0. The fourth-order valence-corrected chi connectivity index (χ4v) is 8.20. The Bertz CT molecular complexity index is 2900. The molecule has 0 saturated heterocycles. The van der Waals surface area contributed by atoms with Gasteiger partial charge >= 0.3 is 0 Å². The molecule has 0 N–H and O–H groups in total. The van der Waals surface area contributed by atoms with Crippen molar-refractivity contribution in [3.63, 3.8) is 0 Å². The van der Waals surface area contributed by atoms with Crippen LogP contribution in [0.15, 0.2) is 145 Å². The van der Waals surface area contributed by atoms with Crippen molar-refractivity contribution in [1.82, 2.24) is 9.55 Å². The topological polar surface area (TPSA) is 31.0 Å². The predicted molar refractivity (Wildman–Crippen MR) is 212 cm³/mol. The van der Waals surface area contributed by atoms with Crippen molar-refractivity contribution in [2.45, 2.75) is 12.8 Å². The zero-order chi connectivity index (χ0) is 33.3. The van der Waals surface area contributed by atoms with Gasteiger partial charge in [-0.3, -0.25) is 4.57 Å². The Kier molecular flexibility index (Phi) is 6.31. The third-order valence-electron chi connectivity index (χ3n) is 10.4. The summed E-state index contributed by atoms with van der Waals surface area (Å²) in [6.07, 6.45) is 10.6. The van der Waals surface area contributed by atoms with Crippen LogP contribution in [-0.4, -0.2) is 9.55 Å².